The van der Waals surface area contributed by atoms with Crippen LogP contribution in [0.1, 0.15) is 13.8 Å². The number of hydrogen-bond donors (Lipinski definition) is 0. The van der Waals surface area contributed by atoms with E-state index in [0.717, 1.165) is 0 Å². The Morgan fingerprint density at radius 1 is 1.08 bits per heavy atom. The van der Waals surface area contributed by atoms with Crippen LogP contribution in [0.25, 0.3) is 0 Å². The van der Waals surface area contributed by atoms with Crippen LogP contribution >= 0.6 is 73.6 Å². The highest BCUT2D eigenvalue weighted by molar-refractivity contribution is 9.09. The predicted molar refractivity (Wildman–Crippen MR) is 68.9 cm³/mol. The molecule has 0 aliphatic carbocycles. The Labute approximate surface area is 107 Å². The summed E-state index contributed by atoms with van der Waals surface area (Å²) in [5.41, 5.74) is 0. The molecule has 0 aromatic rings. The summed E-state index contributed by atoms with van der Waals surface area (Å²) in [6.45, 7) is 3.79. The summed E-state index contributed by atoms with van der Waals surface area (Å²) in [7, 11) is -0.958. The van der Waals surface area contributed by atoms with E-state index in [-0.39, 0.29) is 0 Å². The third kappa shape index (κ3) is 3.79. The van der Waals surface area contributed by atoms with E-state index < -0.39 is 16.5 Å². The van der Waals surface area contributed by atoms with Gasteiger partial charge in [0.25, 0.3) is 0 Å². The van der Waals surface area contributed by atoms with E-state index in [1.54, 1.807) is 0 Å². The number of halogens is 5. The van der Waals surface area contributed by atoms with Gasteiger partial charge in [0.1, 0.15) is 0 Å². The van der Waals surface area contributed by atoms with E-state index in [9.17, 15) is 0 Å². The van der Waals surface area contributed by atoms with Gasteiger partial charge in [0.15, 0.2) is 0 Å². The molecule has 2 atom stereocenters. The maximum atomic E-state index is 6.21. The average Bonchev–Trinajstić information content (AvgIpc) is 2.03. The largest absolute Gasteiger partial charge is 0.112 e. The van der Waals surface area contributed by atoms with Crippen LogP contribution in [0.2, 0.25) is 0 Å². The van der Waals surface area contributed by atoms with Crippen molar-refractivity contribution < 1.29 is 0 Å². The summed E-state index contributed by atoms with van der Waals surface area (Å²) >= 11 is 25.2. The number of alkyl halides is 4. The normalized spacial score (nSPS) is 24.2. The molecule has 0 saturated heterocycles. The van der Waals surface area contributed by atoms with E-state index in [0.29, 0.717) is 10.7 Å². The summed E-state index contributed by atoms with van der Waals surface area (Å²) in [5.74, 6) is 0. The van der Waals surface area contributed by atoms with Crippen molar-refractivity contribution in [2.45, 2.75) is 23.1 Å². The minimum atomic E-state index is -0.958. The van der Waals surface area contributed by atoms with Crippen molar-refractivity contribution in [3.8, 4) is 0 Å². The lowest BCUT2D eigenvalue weighted by Gasteiger charge is -2.34. The number of rotatable bonds is 4. The Hall–Kier alpha value is 2.26. The van der Waals surface area contributed by atoms with Crippen molar-refractivity contribution in [2.75, 3.05) is 10.7 Å². The second-order valence-corrected chi connectivity index (χ2v) is 9.70. The highest BCUT2D eigenvalue weighted by Crippen LogP contribution is 2.67. The Morgan fingerprint density at radius 3 is 1.50 bits per heavy atom. The minimum absolute atomic E-state index is 0.457. The molecule has 2 unspecified atom stereocenters. The Bertz CT molecular complexity index is 136. The lowest BCUT2D eigenvalue weighted by atomic mass is 10.5. The molecule has 0 aliphatic heterocycles. The molecule has 0 N–H and O–H groups in total. The van der Waals surface area contributed by atoms with Gasteiger partial charge in [0, 0.05) is 17.9 Å². The van der Waals surface area contributed by atoms with Crippen LogP contribution in [0.15, 0.2) is 0 Å². The van der Waals surface area contributed by atoms with Gasteiger partial charge in [-0.3, -0.25) is 0 Å². The van der Waals surface area contributed by atoms with Crippen molar-refractivity contribution in [3.05, 3.63) is 0 Å². The van der Waals surface area contributed by atoms with Gasteiger partial charge in [0.05, 0.1) is 9.23 Å². The van der Waals surface area contributed by atoms with Crippen LogP contribution in [0.3, 0.4) is 0 Å². The van der Waals surface area contributed by atoms with Gasteiger partial charge in [-0.2, -0.15) is 0 Å². The van der Waals surface area contributed by atoms with Crippen LogP contribution in [0.4, 0.5) is 0 Å². The van der Waals surface area contributed by atoms with Gasteiger partial charge in [-0.1, -0.05) is 43.1 Å². The van der Waals surface area contributed by atoms with Gasteiger partial charge in [0.2, 0.25) is 0 Å². The fraction of sp³-hybridized carbons (Fsp3) is 1.00. The molecule has 0 nitrogen and oxygen atoms in total. The van der Waals surface area contributed by atoms with Crippen molar-refractivity contribution in [3.63, 3.8) is 0 Å². The SMILES string of the molecule is CC(Cl)(CBr)P(Cl)C(C)(Cl)CBr. The second-order valence-electron chi connectivity index (χ2n) is 2.83. The van der Waals surface area contributed by atoms with Gasteiger partial charge in [-0.15, -0.1) is 23.2 Å². The van der Waals surface area contributed by atoms with Crippen LogP contribution in [-0.4, -0.2) is 19.9 Å². The van der Waals surface area contributed by atoms with Gasteiger partial charge in [-0.25, -0.2) is 0 Å². The molecule has 12 heavy (non-hydrogen) atoms. The zero-order valence-corrected chi connectivity index (χ0v) is 13.1. The standard InChI is InChI=1S/C6H10Br2Cl3P/c1-5(9,3-7)12(11)6(2,10)4-8/h3-4H2,1-2H3. The highest BCUT2D eigenvalue weighted by atomic mass is 79.9. The topological polar surface area (TPSA) is 0 Å². The average molecular weight is 379 g/mol. The third-order valence-corrected chi connectivity index (χ3v) is 11.1. The molecule has 6 heteroatoms. The Morgan fingerprint density at radius 2 is 1.33 bits per heavy atom. The summed E-state index contributed by atoms with van der Waals surface area (Å²) in [6.07, 6.45) is 0. The predicted octanol–water partition coefficient (Wildman–Crippen LogP) is 5.32. The van der Waals surface area contributed by atoms with E-state index in [1.807, 2.05) is 13.8 Å². The van der Waals surface area contributed by atoms with Crippen LogP contribution in [0, 0.1) is 0 Å². The van der Waals surface area contributed by atoms with Gasteiger partial charge in [-0.05, 0) is 13.8 Å². The molecule has 0 aromatic heterocycles. The fourth-order valence-corrected chi connectivity index (χ4v) is 5.75. The quantitative estimate of drug-likeness (QED) is 0.458. The first-order valence-electron chi connectivity index (χ1n) is 3.24. The molecule has 0 saturated carbocycles. The summed E-state index contributed by atoms with van der Waals surface area (Å²) in [4.78, 5) is 0. The smallest absolute Gasteiger partial charge is 0.0866 e. The molecule has 0 bridgehead atoms. The molecular weight excluding hydrogens is 369 g/mol. The molecule has 0 aliphatic rings. The zero-order valence-electron chi connectivity index (χ0n) is 6.75. The first-order valence-corrected chi connectivity index (χ1v) is 8.48. The molecule has 0 rings (SSSR count). The van der Waals surface area contributed by atoms with Crippen LogP contribution in [0.5, 0.6) is 0 Å². The third-order valence-electron chi connectivity index (χ3n) is 1.31. The molecular formula is C6H10Br2Cl3P. The van der Waals surface area contributed by atoms with Gasteiger partial charge >= 0.3 is 0 Å². The lowest BCUT2D eigenvalue weighted by molar-refractivity contribution is 0.946. The van der Waals surface area contributed by atoms with Crippen molar-refractivity contribution >= 4 is 73.6 Å². The first kappa shape index (κ1) is 14.3. The van der Waals surface area contributed by atoms with Crippen molar-refractivity contribution in [2.24, 2.45) is 0 Å². The molecule has 0 fully saturated rings. The zero-order chi connectivity index (χ0) is 9.99. The Balaban J connectivity index is 4.47. The molecule has 0 amide bonds. The van der Waals surface area contributed by atoms with Crippen LogP contribution < -0.4 is 0 Å². The van der Waals surface area contributed by atoms with E-state index in [2.05, 4.69) is 31.9 Å². The lowest BCUT2D eigenvalue weighted by Crippen LogP contribution is -2.26. The number of hydrogen-bond acceptors (Lipinski definition) is 0. The second kappa shape index (κ2) is 5.37. The molecule has 0 radical (unpaired) electrons. The van der Waals surface area contributed by atoms with E-state index in [4.69, 9.17) is 34.4 Å². The first-order chi connectivity index (χ1) is 5.28. The summed E-state index contributed by atoms with van der Waals surface area (Å²) in [6, 6.07) is 0. The monoisotopic (exact) mass is 376 g/mol. The minimum Gasteiger partial charge on any atom is -0.112 e. The highest BCUT2D eigenvalue weighted by Gasteiger charge is 2.42. The van der Waals surface area contributed by atoms with E-state index >= 15 is 0 Å². The summed E-state index contributed by atoms with van der Waals surface area (Å²) < 4.78 is -0.914. The molecule has 0 spiro atoms. The molecule has 74 valence electrons. The van der Waals surface area contributed by atoms with Crippen LogP contribution in [-0.2, 0) is 0 Å². The van der Waals surface area contributed by atoms with Crippen molar-refractivity contribution in [1.29, 1.82) is 0 Å². The summed E-state index contributed by atoms with van der Waals surface area (Å²) in [5, 5.41) is 1.29. The van der Waals surface area contributed by atoms with E-state index in [1.165, 1.54) is 0 Å². The Kier molecular flexibility index (Phi) is 6.38. The van der Waals surface area contributed by atoms with Crippen molar-refractivity contribution in [1.82, 2.24) is 0 Å². The van der Waals surface area contributed by atoms with Gasteiger partial charge < -0.3 is 0 Å². The molecule has 0 aromatic carbocycles. The maximum absolute atomic E-state index is 6.21. The fourth-order valence-electron chi connectivity index (χ4n) is 0.591. The maximum Gasteiger partial charge on any atom is 0.0866 e. The molecule has 0 heterocycles.